The van der Waals surface area contributed by atoms with E-state index in [0.29, 0.717) is 5.41 Å². The third-order valence-corrected chi connectivity index (χ3v) is 3.72. The van der Waals surface area contributed by atoms with E-state index in [0.717, 1.165) is 5.92 Å². The second-order valence-corrected chi connectivity index (χ2v) is 6.18. The number of rotatable bonds is 8. The van der Waals surface area contributed by atoms with E-state index < -0.39 is 0 Å². The zero-order valence-corrected chi connectivity index (χ0v) is 17.2. The van der Waals surface area contributed by atoms with E-state index in [1.807, 2.05) is 0 Å². The average Bonchev–Trinajstić information content (AvgIpc) is 2.14. The molecule has 0 aromatic rings. The first kappa shape index (κ1) is 23.5. The van der Waals surface area contributed by atoms with Gasteiger partial charge >= 0.3 is 0 Å². The van der Waals surface area contributed by atoms with Crippen LogP contribution < -0.4 is 0 Å². The van der Waals surface area contributed by atoms with Gasteiger partial charge in [-0.05, 0) is 11.3 Å². The summed E-state index contributed by atoms with van der Waals surface area (Å²) in [5.74, 6) is 0.869. The van der Waals surface area contributed by atoms with Gasteiger partial charge < -0.3 is 0 Å². The van der Waals surface area contributed by atoms with Crippen molar-refractivity contribution < 1.29 is 0 Å². The molecular formula is C15H34I2. The first-order chi connectivity index (χ1) is 6.98. The quantitative estimate of drug-likeness (QED) is 0.265. The van der Waals surface area contributed by atoms with Crippen LogP contribution in [0.1, 0.15) is 86.0 Å². The van der Waals surface area contributed by atoms with E-state index in [9.17, 15) is 0 Å². The molecule has 0 saturated heterocycles. The molecule has 0 rings (SSSR count). The smallest absolute Gasteiger partial charge is 0.0357 e. The highest BCUT2D eigenvalue weighted by atomic mass is 127. The monoisotopic (exact) mass is 468 g/mol. The standard InChI is InChI=1S/C15H32.2HI/c1-6-7-8-9-10-11-12-13-14(2)15(3,4)5;;/h14H,6-13H2,1-5H3;2*1H. The Hall–Kier alpha value is 1.46. The minimum absolute atomic E-state index is 0. The van der Waals surface area contributed by atoms with E-state index >= 15 is 0 Å². The molecule has 0 aliphatic heterocycles. The van der Waals surface area contributed by atoms with Gasteiger partial charge in [0.15, 0.2) is 0 Å². The van der Waals surface area contributed by atoms with Crippen LogP contribution in [0.25, 0.3) is 0 Å². The predicted octanol–water partition coefficient (Wildman–Crippen LogP) is 7.05. The molecule has 0 amide bonds. The van der Waals surface area contributed by atoms with Crippen LogP contribution in [0, 0.1) is 11.3 Å². The molecule has 0 saturated carbocycles. The minimum Gasteiger partial charge on any atom is -0.107 e. The fourth-order valence-electron chi connectivity index (χ4n) is 1.84. The molecule has 0 fully saturated rings. The summed E-state index contributed by atoms with van der Waals surface area (Å²) >= 11 is 0. The van der Waals surface area contributed by atoms with E-state index in [2.05, 4.69) is 34.6 Å². The maximum absolute atomic E-state index is 2.40. The van der Waals surface area contributed by atoms with Crippen molar-refractivity contribution in [2.45, 2.75) is 86.0 Å². The Morgan fingerprint density at radius 2 is 1.18 bits per heavy atom. The van der Waals surface area contributed by atoms with Gasteiger partial charge in [0, 0.05) is 0 Å². The predicted molar refractivity (Wildman–Crippen MR) is 102 cm³/mol. The molecule has 0 heterocycles. The summed E-state index contributed by atoms with van der Waals surface area (Å²) in [5.41, 5.74) is 0.502. The number of hydrogen-bond acceptors (Lipinski definition) is 0. The van der Waals surface area contributed by atoms with Gasteiger partial charge in [-0.3, -0.25) is 0 Å². The van der Waals surface area contributed by atoms with Gasteiger partial charge in [-0.2, -0.15) is 0 Å². The van der Waals surface area contributed by atoms with Gasteiger partial charge in [-0.15, -0.1) is 48.0 Å². The largest absolute Gasteiger partial charge is 0.107 e. The highest BCUT2D eigenvalue weighted by Crippen LogP contribution is 2.29. The van der Waals surface area contributed by atoms with Crippen molar-refractivity contribution in [3.05, 3.63) is 0 Å². The Bertz CT molecular complexity index is 138. The normalized spacial score (nSPS) is 12.5. The molecule has 2 heteroatoms. The van der Waals surface area contributed by atoms with Crippen LogP contribution >= 0.6 is 48.0 Å². The lowest BCUT2D eigenvalue weighted by atomic mass is 9.79. The van der Waals surface area contributed by atoms with Gasteiger partial charge in [0.1, 0.15) is 0 Å². The topological polar surface area (TPSA) is 0 Å². The van der Waals surface area contributed by atoms with Crippen molar-refractivity contribution in [1.82, 2.24) is 0 Å². The van der Waals surface area contributed by atoms with Gasteiger partial charge in [0.25, 0.3) is 0 Å². The fraction of sp³-hybridized carbons (Fsp3) is 1.00. The van der Waals surface area contributed by atoms with E-state index in [-0.39, 0.29) is 48.0 Å². The molecule has 17 heavy (non-hydrogen) atoms. The van der Waals surface area contributed by atoms with Crippen LogP contribution in [0.15, 0.2) is 0 Å². The SMILES string of the molecule is CCCCCCCCCC(C)C(C)(C)C.I.I. The highest BCUT2D eigenvalue weighted by molar-refractivity contribution is 14.0. The summed E-state index contributed by atoms with van der Waals surface area (Å²) in [6.07, 6.45) is 11.4. The zero-order valence-electron chi connectivity index (χ0n) is 12.6. The molecule has 0 bridgehead atoms. The molecule has 0 aromatic carbocycles. The molecule has 0 aliphatic rings. The molecule has 0 radical (unpaired) electrons. The van der Waals surface area contributed by atoms with Crippen molar-refractivity contribution in [3.63, 3.8) is 0 Å². The molecule has 1 atom stereocenters. The van der Waals surface area contributed by atoms with Crippen molar-refractivity contribution >= 4 is 48.0 Å². The summed E-state index contributed by atoms with van der Waals surface area (Å²) in [6, 6.07) is 0. The van der Waals surface area contributed by atoms with Crippen LogP contribution in [0.2, 0.25) is 0 Å². The molecule has 1 unspecified atom stereocenters. The molecule has 108 valence electrons. The molecule has 0 spiro atoms. The van der Waals surface area contributed by atoms with Gasteiger partial charge in [0.05, 0.1) is 0 Å². The van der Waals surface area contributed by atoms with Crippen LogP contribution in [-0.2, 0) is 0 Å². The molecule has 0 nitrogen and oxygen atoms in total. The minimum atomic E-state index is 0. The Kier molecular flexibility index (Phi) is 19.2. The third kappa shape index (κ3) is 15.4. The van der Waals surface area contributed by atoms with Crippen LogP contribution in [0.3, 0.4) is 0 Å². The maximum Gasteiger partial charge on any atom is -0.0357 e. The van der Waals surface area contributed by atoms with E-state index in [1.54, 1.807) is 0 Å². The Morgan fingerprint density at radius 3 is 1.59 bits per heavy atom. The number of halogens is 2. The van der Waals surface area contributed by atoms with Crippen molar-refractivity contribution in [2.75, 3.05) is 0 Å². The van der Waals surface area contributed by atoms with Crippen LogP contribution in [-0.4, -0.2) is 0 Å². The lowest BCUT2D eigenvalue weighted by molar-refractivity contribution is 0.240. The molecular weight excluding hydrogens is 434 g/mol. The van der Waals surface area contributed by atoms with Gasteiger partial charge in [0.2, 0.25) is 0 Å². The maximum atomic E-state index is 2.40. The fourth-order valence-corrected chi connectivity index (χ4v) is 1.84. The van der Waals surface area contributed by atoms with Crippen molar-refractivity contribution in [2.24, 2.45) is 11.3 Å². The van der Waals surface area contributed by atoms with Crippen LogP contribution in [0.5, 0.6) is 0 Å². The van der Waals surface area contributed by atoms with E-state index in [1.165, 1.54) is 51.4 Å². The Labute approximate surface area is 144 Å². The molecule has 0 N–H and O–H groups in total. The van der Waals surface area contributed by atoms with Crippen molar-refractivity contribution in [3.8, 4) is 0 Å². The summed E-state index contributed by atoms with van der Waals surface area (Å²) in [5, 5.41) is 0. The summed E-state index contributed by atoms with van der Waals surface area (Å²) < 4.78 is 0. The zero-order chi connectivity index (χ0) is 11.7. The Balaban J connectivity index is -0.000000980. The van der Waals surface area contributed by atoms with Crippen LogP contribution in [0.4, 0.5) is 0 Å². The lowest BCUT2D eigenvalue weighted by Gasteiger charge is -2.27. The Morgan fingerprint density at radius 1 is 0.765 bits per heavy atom. The first-order valence-electron chi connectivity index (χ1n) is 6.98. The van der Waals surface area contributed by atoms with Gasteiger partial charge in [-0.1, -0.05) is 86.0 Å². The first-order valence-corrected chi connectivity index (χ1v) is 6.98. The van der Waals surface area contributed by atoms with Gasteiger partial charge in [-0.25, -0.2) is 0 Å². The second-order valence-electron chi connectivity index (χ2n) is 6.18. The van der Waals surface area contributed by atoms with Crippen molar-refractivity contribution in [1.29, 1.82) is 0 Å². The summed E-state index contributed by atoms with van der Waals surface area (Å²) in [4.78, 5) is 0. The number of unbranched alkanes of at least 4 members (excludes halogenated alkanes) is 6. The average molecular weight is 468 g/mol. The van der Waals surface area contributed by atoms with E-state index in [4.69, 9.17) is 0 Å². The third-order valence-electron chi connectivity index (χ3n) is 3.72. The second kappa shape index (κ2) is 13.9. The highest BCUT2D eigenvalue weighted by Gasteiger charge is 2.18. The molecule has 0 aromatic heterocycles. The summed E-state index contributed by atoms with van der Waals surface area (Å²) in [6.45, 7) is 11.8. The summed E-state index contributed by atoms with van der Waals surface area (Å²) in [7, 11) is 0. The molecule has 0 aliphatic carbocycles. The number of hydrogen-bond donors (Lipinski definition) is 0. The lowest BCUT2D eigenvalue weighted by Crippen LogP contribution is -2.16.